The number of hydrogen-bond acceptors (Lipinski definition) is 4. The molecule has 1 aromatic carbocycles. The number of ether oxygens (including phenoxy) is 2. The van der Waals surface area contributed by atoms with Crippen molar-refractivity contribution in [3.63, 3.8) is 0 Å². The molecule has 1 unspecified atom stereocenters. The van der Waals surface area contributed by atoms with Crippen molar-refractivity contribution in [1.29, 1.82) is 0 Å². The van der Waals surface area contributed by atoms with Crippen LogP contribution in [0.1, 0.15) is 48.9 Å². The number of benzene rings is 1. The zero-order chi connectivity index (χ0) is 17.3. The number of nitrogens with one attached hydrogen (secondary N) is 2. The Morgan fingerprint density at radius 3 is 2.76 bits per heavy atom. The van der Waals surface area contributed by atoms with Gasteiger partial charge in [-0.2, -0.15) is 0 Å². The quantitative estimate of drug-likeness (QED) is 0.857. The third-order valence-corrected chi connectivity index (χ3v) is 5.49. The molecule has 25 heavy (non-hydrogen) atoms. The first kappa shape index (κ1) is 16.4. The Labute approximate surface area is 147 Å². The number of rotatable bonds is 2. The van der Waals surface area contributed by atoms with Crippen LogP contribution in [0.15, 0.2) is 24.3 Å². The van der Waals surface area contributed by atoms with E-state index in [0.29, 0.717) is 24.5 Å². The topological polar surface area (TPSA) is 76.7 Å². The van der Waals surface area contributed by atoms with E-state index in [0.717, 1.165) is 38.5 Å². The molecule has 1 saturated heterocycles. The van der Waals surface area contributed by atoms with Crippen molar-refractivity contribution in [2.75, 3.05) is 13.2 Å². The molecular weight excluding hydrogens is 320 g/mol. The van der Waals surface area contributed by atoms with E-state index in [4.69, 9.17) is 9.47 Å². The third-order valence-electron chi connectivity index (χ3n) is 5.49. The maximum Gasteiger partial charge on any atom is 0.255 e. The third kappa shape index (κ3) is 3.35. The number of hydrogen-bond donors (Lipinski definition) is 2. The van der Waals surface area contributed by atoms with Gasteiger partial charge in [-0.05, 0) is 50.7 Å². The standard InChI is InChI=1S/C19H24N2O4/c22-17-14-4-1-2-5-15(14)25-19(12-20-17)9-7-13(8-10-19)21-18(23)16-6-3-11-24-16/h1-2,4-5,13,16H,3,6-12H2,(H,20,22)(H,21,23). The lowest BCUT2D eigenvalue weighted by molar-refractivity contribution is -0.131. The molecule has 2 aliphatic heterocycles. The van der Waals surface area contributed by atoms with E-state index in [2.05, 4.69) is 10.6 Å². The van der Waals surface area contributed by atoms with Gasteiger partial charge in [-0.25, -0.2) is 0 Å². The molecule has 3 aliphatic rings. The molecule has 2 N–H and O–H groups in total. The minimum Gasteiger partial charge on any atom is -0.485 e. The summed E-state index contributed by atoms with van der Waals surface area (Å²) in [6.45, 7) is 1.19. The van der Waals surface area contributed by atoms with Crippen LogP contribution in [0.2, 0.25) is 0 Å². The van der Waals surface area contributed by atoms with Crippen molar-refractivity contribution in [2.24, 2.45) is 0 Å². The average Bonchev–Trinajstić information content (AvgIpc) is 3.13. The maximum atomic E-state index is 12.2. The molecule has 2 heterocycles. The number of carbonyl (C=O) groups is 2. The van der Waals surface area contributed by atoms with Crippen LogP contribution >= 0.6 is 0 Å². The molecule has 4 rings (SSSR count). The molecule has 2 fully saturated rings. The summed E-state index contributed by atoms with van der Waals surface area (Å²) in [5, 5.41) is 6.11. The van der Waals surface area contributed by atoms with Crippen molar-refractivity contribution >= 4 is 11.8 Å². The molecule has 0 bridgehead atoms. The Balaban J connectivity index is 1.39. The molecule has 6 heteroatoms. The van der Waals surface area contributed by atoms with Gasteiger partial charge in [0.2, 0.25) is 5.91 Å². The molecule has 1 aromatic rings. The first-order chi connectivity index (χ1) is 12.2. The molecule has 0 radical (unpaired) electrons. The lowest BCUT2D eigenvalue weighted by Crippen LogP contribution is -2.52. The second-order valence-corrected chi connectivity index (χ2v) is 7.25. The summed E-state index contributed by atoms with van der Waals surface area (Å²) in [6, 6.07) is 7.53. The van der Waals surface area contributed by atoms with E-state index < -0.39 is 0 Å². The number of carbonyl (C=O) groups excluding carboxylic acids is 2. The van der Waals surface area contributed by atoms with Crippen molar-refractivity contribution in [3.05, 3.63) is 29.8 Å². The Bertz CT molecular complexity index is 661. The van der Waals surface area contributed by atoms with Crippen LogP contribution in [0.4, 0.5) is 0 Å². The van der Waals surface area contributed by atoms with Crippen LogP contribution in [0.5, 0.6) is 5.75 Å². The summed E-state index contributed by atoms with van der Waals surface area (Å²) >= 11 is 0. The zero-order valence-electron chi connectivity index (χ0n) is 14.3. The molecule has 0 aromatic heterocycles. The summed E-state index contributed by atoms with van der Waals surface area (Å²) in [7, 11) is 0. The van der Waals surface area contributed by atoms with Gasteiger partial charge in [0.15, 0.2) is 0 Å². The minimum absolute atomic E-state index is 0.0129. The molecule has 1 saturated carbocycles. The molecule has 134 valence electrons. The van der Waals surface area contributed by atoms with Crippen LogP contribution in [-0.4, -0.2) is 42.7 Å². The van der Waals surface area contributed by atoms with Crippen molar-refractivity contribution < 1.29 is 19.1 Å². The van der Waals surface area contributed by atoms with Gasteiger partial charge in [0, 0.05) is 12.6 Å². The minimum atomic E-state index is -0.382. The summed E-state index contributed by atoms with van der Waals surface area (Å²) in [4.78, 5) is 24.4. The fraction of sp³-hybridized carbons (Fsp3) is 0.579. The Kier molecular flexibility index (Phi) is 4.37. The van der Waals surface area contributed by atoms with E-state index in [9.17, 15) is 9.59 Å². The Hall–Kier alpha value is -2.08. The van der Waals surface area contributed by atoms with Crippen molar-refractivity contribution in [2.45, 2.75) is 56.3 Å². The lowest BCUT2D eigenvalue weighted by atomic mass is 9.81. The summed E-state index contributed by atoms with van der Waals surface area (Å²) in [5.74, 6) is 0.583. The average molecular weight is 344 g/mol. The van der Waals surface area contributed by atoms with Gasteiger partial charge in [-0.15, -0.1) is 0 Å². The van der Waals surface area contributed by atoms with Crippen LogP contribution in [0.3, 0.4) is 0 Å². The lowest BCUT2D eigenvalue weighted by Gasteiger charge is -2.39. The first-order valence-electron chi connectivity index (χ1n) is 9.13. The largest absolute Gasteiger partial charge is 0.485 e. The second kappa shape index (κ2) is 6.67. The summed E-state index contributed by atoms with van der Waals surface area (Å²) in [6.07, 6.45) is 4.78. The fourth-order valence-electron chi connectivity index (χ4n) is 3.99. The molecule has 1 spiro atoms. The Morgan fingerprint density at radius 2 is 2.00 bits per heavy atom. The Morgan fingerprint density at radius 1 is 1.20 bits per heavy atom. The van der Waals surface area contributed by atoms with E-state index in [1.54, 1.807) is 6.07 Å². The monoisotopic (exact) mass is 344 g/mol. The maximum absolute atomic E-state index is 12.2. The summed E-state index contributed by atoms with van der Waals surface area (Å²) < 4.78 is 11.7. The molecule has 1 aliphatic carbocycles. The van der Waals surface area contributed by atoms with Gasteiger partial charge < -0.3 is 20.1 Å². The van der Waals surface area contributed by atoms with E-state index in [-0.39, 0.29) is 29.6 Å². The van der Waals surface area contributed by atoms with Gasteiger partial charge in [0.1, 0.15) is 17.5 Å². The predicted molar refractivity (Wildman–Crippen MR) is 91.5 cm³/mol. The van der Waals surface area contributed by atoms with Gasteiger partial charge in [-0.3, -0.25) is 9.59 Å². The second-order valence-electron chi connectivity index (χ2n) is 7.25. The molecule has 6 nitrogen and oxygen atoms in total. The number of amides is 2. The zero-order valence-corrected chi connectivity index (χ0v) is 14.3. The van der Waals surface area contributed by atoms with E-state index >= 15 is 0 Å². The predicted octanol–water partition coefficient (Wildman–Crippen LogP) is 1.79. The number of fused-ring (bicyclic) bond motifs is 1. The van der Waals surface area contributed by atoms with Gasteiger partial charge >= 0.3 is 0 Å². The van der Waals surface area contributed by atoms with Crippen molar-refractivity contribution in [3.8, 4) is 5.75 Å². The number of para-hydroxylation sites is 1. The molecule has 1 atom stereocenters. The van der Waals surface area contributed by atoms with Crippen LogP contribution < -0.4 is 15.4 Å². The highest BCUT2D eigenvalue weighted by Gasteiger charge is 2.41. The normalized spacial score (nSPS) is 31.6. The van der Waals surface area contributed by atoms with Gasteiger partial charge in [0.25, 0.3) is 5.91 Å². The SMILES string of the molecule is O=C1NCC2(CCC(NC(=O)C3CCCO3)CC2)Oc2ccccc21. The van der Waals surface area contributed by atoms with E-state index in [1.807, 2.05) is 18.2 Å². The summed E-state index contributed by atoms with van der Waals surface area (Å²) in [5.41, 5.74) is 0.209. The van der Waals surface area contributed by atoms with Crippen LogP contribution in [0.25, 0.3) is 0 Å². The smallest absolute Gasteiger partial charge is 0.255 e. The van der Waals surface area contributed by atoms with E-state index in [1.165, 1.54) is 0 Å². The van der Waals surface area contributed by atoms with Crippen LogP contribution in [0, 0.1) is 0 Å². The molecule has 2 amide bonds. The highest BCUT2D eigenvalue weighted by atomic mass is 16.5. The van der Waals surface area contributed by atoms with Gasteiger partial charge in [-0.1, -0.05) is 12.1 Å². The first-order valence-corrected chi connectivity index (χ1v) is 9.13. The fourth-order valence-corrected chi connectivity index (χ4v) is 3.99. The van der Waals surface area contributed by atoms with Crippen molar-refractivity contribution in [1.82, 2.24) is 10.6 Å². The van der Waals surface area contributed by atoms with Gasteiger partial charge in [0.05, 0.1) is 12.1 Å². The highest BCUT2D eigenvalue weighted by Crippen LogP contribution is 2.36. The molecular formula is C19H24N2O4. The highest BCUT2D eigenvalue weighted by molar-refractivity contribution is 5.97. The van der Waals surface area contributed by atoms with Crippen LogP contribution in [-0.2, 0) is 9.53 Å².